The first-order valence-electron chi connectivity index (χ1n) is 14.4. The normalized spacial score (nSPS) is 12.5. The van der Waals surface area contributed by atoms with E-state index in [1.807, 2.05) is 60.7 Å². The Morgan fingerprint density at radius 1 is 0.857 bits per heavy atom. The highest BCUT2D eigenvalue weighted by Gasteiger charge is 2.36. The summed E-state index contributed by atoms with van der Waals surface area (Å²) in [6.45, 7) is 7.73. The number of unbranched alkanes of at least 4 members (excludes halogenated alkanes) is 2. The minimum absolute atomic E-state index is 0.241. The number of anilines is 1. The van der Waals surface area contributed by atoms with Crippen LogP contribution in [0.1, 0.15) is 64.1 Å². The van der Waals surface area contributed by atoms with Gasteiger partial charge in [0.15, 0.2) is 0 Å². The molecule has 0 fully saturated rings. The number of nitrogens with one attached hydrogen (secondary N) is 2. The minimum atomic E-state index is -0.955. The van der Waals surface area contributed by atoms with E-state index in [2.05, 4.69) is 17.6 Å². The molecule has 0 heterocycles. The van der Waals surface area contributed by atoms with Crippen molar-refractivity contribution in [3.63, 3.8) is 0 Å². The predicted octanol–water partition coefficient (Wildman–Crippen LogP) is 6.53. The molecule has 0 saturated carbocycles. The van der Waals surface area contributed by atoms with E-state index in [1.165, 1.54) is 0 Å². The Hall–Kier alpha value is -4.33. The van der Waals surface area contributed by atoms with Crippen molar-refractivity contribution in [2.75, 3.05) is 19.0 Å². The van der Waals surface area contributed by atoms with Crippen LogP contribution in [0.5, 0.6) is 5.75 Å². The molecule has 8 heteroatoms. The molecule has 0 aliphatic heterocycles. The average Bonchev–Trinajstić information content (AvgIpc) is 2.96. The van der Waals surface area contributed by atoms with Crippen molar-refractivity contribution in [3.8, 4) is 5.75 Å². The van der Waals surface area contributed by atoms with Gasteiger partial charge in [0.05, 0.1) is 7.11 Å². The maximum Gasteiger partial charge on any atom is 0.408 e. The third kappa shape index (κ3) is 9.94. The summed E-state index contributed by atoms with van der Waals surface area (Å²) in [6, 6.07) is 23.9. The van der Waals surface area contributed by atoms with Gasteiger partial charge in [-0.15, -0.1) is 0 Å². The lowest BCUT2D eigenvalue weighted by Gasteiger charge is -2.34. The Bertz CT molecular complexity index is 1270. The molecular weight excluding hydrogens is 530 g/mol. The van der Waals surface area contributed by atoms with E-state index in [0.717, 1.165) is 18.4 Å². The fourth-order valence-corrected chi connectivity index (χ4v) is 4.59. The van der Waals surface area contributed by atoms with Crippen molar-refractivity contribution in [1.29, 1.82) is 0 Å². The molecule has 2 N–H and O–H groups in total. The second-order valence-corrected chi connectivity index (χ2v) is 11.2. The number of nitrogens with zero attached hydrogens (tertiary/aromatic N) is 1. The van der Waals surface area contributed by atoms with E-state index in [0.29, 0.717) is 30.0 Å². The summed E-state index contributed by atoms with van der Waals surface area (Å²) < 4.78 is 10.8. The van der Waals surface area contributed by atoms with Crippen molar-refractivity contribution in [3.05, 3.63) is 96.1 Å². The Morgan fingerprint density at radius 3 is 2.05 bits per heavy atom. The highest BCUT2D eigenvalue weighted by molar-refractivity contribution is 5.99. The molecule has 2 atom stereocenters. The molecule has 0 aromatic heterocycles. The summed E-state index contributed by atoms with van der Waals surface area (Å²) in [5.74, 6) is -0.0487. The van der Waals surface area contributed by atoms with Gasteiger partial charge in [0.2, 0.25) is 5.91 Å². The zero-order chi connectivity index (χ0) is 30.5. The van der Waals surface area contributed by atoms with Crippen molar-refractivity contribution < 1.29 is 23.9 Å². The van der Waals surface area contributed by atoms with Crippen molar-refractivity contribution >= 4 is 23.6 Å². The molecule has 0 aliphatic rings. The molecule has 0 spiro atoms. The summed E-state index contributed by atoms with van der Waals surface area (Å²) in [5, 5.41) is 5.78. The minimum Gasteiger partial charge on any atom is -0.497 e. The summed E-state index contributed by atoms with van der Waals surface area (Å²) in [4.78, 5) is 43.0. The number of hydrogen-bond acceptors (Lipinski definition) is 5. The second kappa shape index (κ2) is 15.6. The number of alkyl carbamates (subject to hydrolysis) is 1. The van der Waals surface area contributed by atoms with Gasteiger partial charge in [-0.1, -0.05) is 80.4 Å². The van der Waals surface area contributed by atoms with Gasteiger partial charge in [-0.25, -0.2) is 4.79 Å². The van der Waals surface area contributed by atoms with Crippen LogP contribution in [0, 0.1) is 0 Å². The molecule has 0 aliphatic carbocycles. The van der Waals surface area contributed by atoms with Crippen LogP contribution in [0.4, 0.5) is 10.5 Å². The topological polar surface area (TPSA) is 97.0 Å². The molecule has 2 unspecified atom stereocenters. The van der Waals surface area contributed by atoms with Gasteiger partial charge in [-0.05, 0) is 62.6 Å². The van der Waals surface area contributed by atoms with Crippen molar-refractivity contribution in [2.24, 2.45) is 0 Å². The van der Waals surface area contributed by atoms with Crippen molar-refractivity contribution in [1.82, 2.24) is 10.2 Å². The fourth-order valence-electron chi connectivity index (χ4n) is 4.59. The summed E-state index contributed by atoms with van der Waals surface area (Å²) in [7, 11) is 1.58. The second-order valence-electron chi connectivity index (χ2n) is 11.2. The van der Waals surface area contributed by atoms with Gasteiger partial charge in [0, 0.05) is 18.7 Å². The van der Waals surface area contributed by atoms with Crippen LogP contribution in [0.2, 0.25) is 0 Å². The van der Waals surface area contributed by atoms with Gasteiger partial charge in [0.25, 0.3) is 5.91 Å². The molecule has 3 rings (SSSR count). The zero-order valence-corrected chi connectivity index (χ0v) is 25.3. The predicted molar refractivity (Wildman–Crippen MR) is 165 cm³/mol. The first kappa shape index (κ1) is 32.2. The molecule has 8 nitrogen and oxygen atoms in total. The molecule has 3 aromatic carbocycles. The van der Waals surface area contributed by atoms with E-state index in [-0.39, 0.29) is 18.2 Å². The lowest BCUT2D eigenvalue weighted by Crippen LogP contribution is -2.53. The smallest absolute Gasteiger partial charge is 0.408 e. The number of carbonyl (C=O) groups excluding carboxylic acids is 3. The van der Waals surface area contributed by atoms with Gasteiger partial charge in [-0.3, -0.25) is 9.59 Å². The van der Waals surface area contributed by atoms with Crippen LogP contribution in [0.3, 0.4) is 0 Å². The van der Waals surface area contributed by atoms with E-state index >= 15 is 0 Å². The van der Waals surface area contributed by atoms with Crippen LogP contribution in [-0.4, -0.2) is 48.1 Å². The SMILES string of the molecule is CCCCCN(C(=O)C(Cc1ccccc1)NC(=O)OC(C)(C)C)C(C(=O)Nc1ccc(OC)cc1)c1ccccc1. The first-order valence-corrected chi connectivity index (χ1v) is 14.4. The molecule has 3 aromatic rings. The first-order chi connectivity index (χ1) is 20.1. The molecule has 0 bridgehead atoms. The molecule has 3 amide bonds. The standard InChI is InChI=1S/C34H43N3O5/c1-6-7-14-23-37(32(39)29(24-25-15-10-8-11-16-25)36-33(40)42-34(2,3)4)30(26-17-12-9-13-18-26)31(38)35-27-19-21-28(41-5)22-20-27/h8-13,15-22,29-30H,6-7,14,23-24H2,1-5H3,(H,35,38)(H,36,40). The lowest BCUT2D eigenvalue weighted by atomic mass is 9.99. The molecule has 42 heavy (non-hydrogen) atoms. The maximum atomic E-state index is 14.5. The largest absolute Gasteiger partial charge is 0.497 e. The number of amides is 3. The van der Waals surface area contributed by atoms with E-state index in [9.17, 15) is 14.4 Å². The number of ether oxygens (including phenoxy) is 2. The fraction of sp³-hybridized carbons (Fsp3) is 0.382. The van der Waals surface area contributed by atoms with Crippen LogP contribution in [-0.2, 0) is 20.7 Å². The highest BCUT2D eigenvalue weighted by Crippen LogP contribution is 2.26. The highest BCUT2D eigenvalue weighted by atomic mass is 16.6. The Balaban J connectivity index is 2.01. The maximum absolute atomic E-state index is 14.5. The summed E-state index contributed by atoms with van der Waals surface area (Å²) in [5.41, 5.74) is 1.38. The van der Waals surface area contributed by atoms with E-state index in [4.69, 9.17) is 9.47 Å². The van der Waals surface area contributed by atoms with Gasteiger partial charge >= 0.3 is 6.09 Å². The molecular formula is C34H43N3O5. The van der Waals surface area contributed by atoms with E-state index < -0.39 is 23.8 Å². The van der Waals surface area contributed by atoms with Crippen LogP contribution in [0.15, 0.2) is 84.9 Å². The summed E-state index contributed by atoms with van der Waals surface area (Å²) in [6.07, 6.45) is 2.08. The molecule has 224 valence electrons. The number of rotatable bonds is 13. The van der Waals surface area contributed by atoms with Crippen molar-refractivity contribution in [2.45, 2.75) is 71.1 Å². The summed E-state index contributed by atoms with van der Waals surface area (Å²) >= 11 is 0. The molecule has 0 saturated heterocycles. The Kier molecular flexibility index (Phi) is 12.0. The van der Waals surface area contributed by atoms with Crippen LogP contribution >= 0.6 is 0 Å². The quantitative estimate of drug-likeness (QED) is 0.227. The van der Waals surface area contributed by atoms with E-state index in [1.54, 1.807) is 57.0 Å². The number of methoxy groups -OCH3 is 1. The third-order valence-electron chi connectivity index (χ3n) is 6.59. The van der Waals surface area contributed by atoms with Gasteiger partial charge in [0.1, 0.15) is 23.4 Å². The number of benzene rings is 3. The lowest BCUT2D eigenvalue weighted by molar-refractivity contribution is -0.140. The van der Waals surface area contributed by atoms with Crippen LogP contribution in [0.25, 0.3) is 0 Å². The molecule has 0 radical (unpaired) electrons. The zero-order valence-electron chi connectivity index (χ0n) is 25.3. The van der Waals surface area contributed by atoms with Crippen LogP contribution < -0.4 is 15.4 Å². The van der Waals surface area contributed by atoms with Gasteiger partial charge < -0.3 is 25.0 Å². The Labute approximate surface area is 249 Å². The van der Waals surface area contributed by atoms with Gasteiger partial charge in [-0.2, -0.15) is 0 Å². The third-order valence-corrected chi connectivity index (χ3v) is 6.59. The number of hydrogen-bond donors (Lipinski definition) is 2. The number of carbonyl (C=O) groups is 3. The Morgan fingerprint density at radius 2 is 1.48 bits per heavy atom. The monoisotopic (exact) mass is 573 g/mol. The average molecular weight is 574 g/mol.